The van der Waals surface area contributed by atoms with Crippen LogP contribution in [-0.2, 0) is 0 Å². The summed E-state index contributed by atoms with van der Waals surface area (Å²) in [5.74, 6) is 0. The van der Waals surface area contributed by atoms with Gasteiger partial charge < -0.3 is 0 Å². The Morgan fingerprint density at radius 3 is 2.71 bits per heavy atom. The smallest absolute Gasteiger partial charge is 0.0491 e. The summed E-state index contributed by atoms with van der Waals surface area (Å²) in [7, 11) is 0. The van der Waals surface area contributed by atoms with Crippen LogP contribution in [0.25, 0.3) is 16.5 Å². The van der Waals surface area contributed by atoms with E-state index in [9.17, 15) is 0 Å². The first-order chi connectivity index (χ1) is 6.92. The van der Waals surface area contributed by atoms with Crippen LogP contribution in [0.3, 0.4) is 0 Å². The van der Waals surface area contributed by atoms with Crippen LogP contribution in [0.15, 0.2) is 47.5 Å². The largest absolute Gasteiger partial charge is 0.144 e. The van der Waals surface area contributed by atoms with Crippen LogP contribution in [0.4, 0.5) is 0 Å². The van der Waals surface area contributed by atoms with E-state index in [0.29, 0.717) is 0 Å². The predicted molar refractivity (Wildman–Crippen MR) is 61.0 cm³/mol. The maximum atomic E-state index is 6.96. The standard InChI is InChI=1S/C13H8S/c1-2-6-11-7-3-4-8-12(11)13-9-5-10-14-13/h3-10H. The van der Waals surface area contributed by atoms with Gasteiger partial charge in [0.2, 0.25) is 0 Å². The molecule has 0 bridgehead atoms. The highest BCUT2D eigenvalue weighted by Gasteiger charge is 2.01. The number of benzene rings is 1. The van der Waals surface area contributed by atoms with Crippen molar-refractivity contribution in [2.75, 3.05) is 0 Å². The van der Waals surface area contributed by atoms with Crippen molar-refractivity contribution in [3.05, 3.63) is 59.7 Å². The van der Waals surface area contributed by atoms with Gasteiger partial charge >= 0.3 is 0 Å². The van der Waals surface area contributed by atoms with Crippen molar-refractivity contribution in [2.45, 2.75) is 0 Å². The zero-order valence-electron chi connectivity index (χ0n) is 7.53. The molecular formula is C13H8S. The Morgan fingerprint density at radius 1 is 1.14 bits per heavy atom. The van der Waals surface area contributed by atoms with E-state index in [-0.39, 0.29) is 0 Å². The lowest BCUT2D eigenvalue weighted by molar-refractivity contribution is 1.65. The third-order valence-corrected chi connectivity index (χ3v) is 2.88. The van der Waals surface area contributed by atoms with Crippen LogP contribution < -0.4 is 0 Å². The minimum absolute atomic E-state index is 1.05. The van der Waals surface area contributed by atoms with Gasteiger partial charge in [0.15, 0.2) is 0 Å². The monoisotopic (exact) mass is 196 g/mol. The lowest BCUT2D eigenvalue weighted by Gasteiger charge is -2.01. The lowest BCUT2D eigenvalue weighted by Crippen LogP contribution is -1.77. The van der Waals surface area contributed by atoms with E-state index in [1.54, 1.807) is 17.4 Å². The van der Waals surface area contributed by atoms with Crippen molar-refractivity contribution in [3.8, 4) is 10.4 Å². The van der Waals surface area contributed by atoms with E-state index in [2.05, 4.69) is 23.2 Å². The van der Waals surface area contributed by atoms with Gasteiger partial charge in [-0.3, -0.25) is 0 Å². The zero-order chi connectivity index (χ0) is 9.80. The maximum absolute atomic E-state index is 6.96. The third-order valence-electron chi connectivity index (χ3n) is 1.98. The van der Waals surface area contributed by atoms with Gasteiger partial charge in [-0.05, 0) is 28.6 Å². The fraction of sp³-hybridized carbons (Fsp3) is 0. The number of hydrogen-bond acceptors (Lipinski definition) is 1. The molecule has 0 fully saturated rings. The molecule has 0 saturated heterocycles. The second-order valence-electron chi connectivity index (χ2n) is 2.85. The summed E-state index contributed by atoms with van der Waals surface area (Å²) in [4.78, 5) is 1.23. The molecule has 0 aliphatic carbocycles. The highest BCUT2D eigenvalue weighted by molar-refractivity contribution is 7.13. The van der Waals surface area contributed by atoms with Crippen LogP contribution in [0, 0.1) is 6.58 Å². The molecule has 1 aromatic carbocycles. The van der Waals surface area contributed by atoms with Gasteiger partial charge in [0.1, 0.15) is 0 Å². The first kappa shape index (κ1) is 9.01. The first-order valence-corrected chi connectivity index (χ1v) is 5.18. The van der Waals surface area contributed by atoms with Crippen molar-refractivity contribution in [1.29, 1.82) is 0 Å². The van der Waals surface area contributed by atoms with Crippen LogP contribution >= 0.6 is 11.3 Å². The van der Waals surface area contributed by atoms with Gasteiger partial charge in [-0.1, -0.05) is 30.3 Å². The van der Waals surface area contributed by atoms with Crippen molar-refractivity contribution in [2.24, 2.45) is 0 Å². The van der Waals surface area contributed by atoms with Crippen LogP contribution in [-0.4, -0.2) is 0 Å². The Labute approximate surface area is 87.8 Å². The molecule has 1 aromatic heterocycles. The van der Waals surface area contributed by atoms with Gasteiger partial charge in [0.25, 0.3) is 0 Å². The zero-order valence-corrected chi connectivity index (χ0v) is 8.34. The fourth-order valence-electron chi connectivity index (χ4n) is 1.36. The molecule has 66 valence electrons. The van der Waals surface area contributed by atoms with Crippen molar-refractivity contribution in [3.63, 3.8) is 0 Å². The number of hydrogen-bond donors (Lipinski definition) is 0. The van der Waals surface area contributed by atoms with Gasteiger partial charge in [0.05, 0.1) is 0 Å². The summed E-state index contributed by atoms with van der Waals surface area (Å²) in [5.41, 5.74) is 4.53. The summed E-state index contributed by atoms with van der Waals surface area (Å²) in [6, 6.07) is 12.2. The second-order valence-corrected chi connectivity index (χ2v) is 3.80. The lowest BCUT2D eigenvalue weighted by atomic mass is 10.1. The topological polar surface area (TPSA) is 0 Å². The summed E-state index contributed by atoms with van der Waals surface area (Å²) in [5, 5.41) is 2.06. The summed E-state index contributed by atoms with van der Waals surface area (Å²) >= 11 is 1.71. The highest BCUT2D eigenvalue weighted by atomic mass is 32.1. The Bertz CT molecular complexity index is 460. The molecule has 2 aromatic rings. The van der Waals surface area contributed by atoms with E-state index in [0.717, 1.165) is 5.56 Å². The first-order valence-electron chi connectivity index (χ1n) is 4.30. The highest BCUT2D eigenvalue weighted by Crippen LogP contribution is 2.28. The molecular weight excluding hydrogens is 188 g/mol. The van der Waals surface area contributed by atoms with Crippen LogP contribution in [0.1, 0.15) is 5.56 Å². The molecule has 0 atom stereocenters. The van der Waals surface area contributed by atoms with E-state index in [1.807, 2.05) is 24.3 Å². The molecule has 1 heterocycles. The molecule has 0 aliphatic rings. The summed E-state index contributed by atoms with van der Waals surface area (Å²) in [6.45, 7) is 6.96. The molecule has 0 nitrogen and oxygen atoms in total. The average Bonchev–Trinajstić information content (AvgIpc) is 2.72. The van der Waals surface area contributed by atoms with E-state index in [1.165, 1.54) is 10.4 Å². The SMILES string of the molecule is [C]=C=Cc1ccccc1-c1cccs1. The quantitative estimate of drug-likeness (QED) is 0.639. The molecule has 0 aliphatic heterocycles. The number of thiophene rings is 1. The van der Waals surface area contributed by atoms with E-state index < -0.39 is 0 Å². The van der Waals surface area contributed by atoms with Crippen molar-refractivity contribution in [1.82, 2.24) is 0 Å². The normalized spacial score (nSPS) is 9.43. The Balaban J connectivity index is 2.57. The molecule has 14 heavy (non-hydrogen) atoms. The molecule has 0 N–H and O–H groups in total. The van der Waals surface area contributed by atoms with Gasteiger partial charge in [-0.15, -0.1) is 17.1 Å². The Hall–Kier alpha value is -1.56. The maximum Gasteiger partial charge on any atom is 0.0491 e. The Morgan fingerprint density at radius 2 is 2.00 bits per heavy atom. The van der Waals surface area contributed by atoms with Crippen molar-refractivity contribution >= 4 is 17.4 Å². The molecule has 2 radical (unpaired) electrons. The van der Waals surface area contributed by atoms with Gasteiger partial charge in [0, 0.05) is 11.5 Å². The predicted octanol–water partition coefficient (Wildman–Crippen LogP) is 3.89. The molecule has 0 saturated carbocycles. The van der Waals surface area contributed by atoms with Gasteiger partial charge in [-0.25, -0.2) is 0 Å². The second kappa shape index (κ2) is 4.10. The average molecular weight is 196 g/mol. The minimum Gasteiger partial charge on any atom is -0.144 e. The molecule has 2 rings (SSSR count). The van der Waals surface area contributed by atoms with Crippen LogP contribution in [0.2, 0.25) is 0 Å². The van der Waals surface area contributed by atoms with E-state index >= 15 is 0 Å². The van der Waals surface area contributed by atoms with Crippen molar-refractivity contribution < 1.29 is 0 Å². The summed E-state index contributed by atoms with van der Waals surface area (Å²) < 4.78 is 0. The summed E-state index contributed by atoms with van der Waals surface area (Å²) in [6.07, 6.45) is 1.69. The Kier molecular flexibility index (Phi) is 2.64. The fourth-order valence-corrected chi connectivity index (χ4v) is 2.13. The number of rotatable bonds is 2. The molecule has 0 unspecified atom stereocenters. The van der Waals surface area contributed by atoms with Crippen LogP contribution in [0.5, 0.6) is 0 Å². The van der Waals surface area contributed by atoms with Gasteiger partial charge in [-0.2, -0.15) is 0 Å². The molecule has 0 amide bonds. The molecule has 0 spiro atoms. The molecule has 1 heteroatoms. The minimum atomic E-state index is 1.05. The van der Waals surface area contributed by atoms with E-state index in [4.69, 9.17) is 6.58 Å². The third kappa shape index (κ3) is 1.69.